The molecule has 9 nitrogen and oxygen atoms in total. The van der Waals surface area contributed by atoms with E-state index in [2.05, 4.69) is 0 Å². The second-order valence-corrected chi connectivity index (χ2v) is 12.2. The number of methoxy groups -OCH3 is 1. The van der Waals surface area contributed by atoms with Crippen molar-refractivity contribution in [2.45, 2.75) is 57.9 Å². The summed E-state index contributed by atoms with van der Waals surface area (Å²) in [6, 6.07) is 1.64. The lowest BCUT2D eigenvalue weighted by Crippen LogP contribution is -2.46. The molecule has 1 saturated carbocycles. The molecule has 40 heavy (non-hydrogen) atoms. The molecule has 0 bridgehead atoms. The van der Waals surface area contributed by atoms with E-state index in [9.17, 15) is 24.6 Å². The second kappa shape index (κ2) is 9.89. The van der Waals surface area contributed by atoms with Crippen LogP contribution in [0.1, 0.15) is 72.2 Å². The quantitative estimate of drug-likeness (QED) is 0.377. The number of ether oxygens (including phenoxy) is 1. The average Bonchev–Trinajstić information content (AvgIpc) is 3.71. The average molecular weight is 550 g/mol. The molecule has 0 aliphatic heterocycles. The van der Waals surface area contributed by atoms with E-state index in [1.165, 1.54) is 7.11 Å². The van der Waals surface area contributed by atoms with Crippen molar-refractivity contribution in [1.29, 1.82) is 0 Å². The maximum atomic E-state index is 14.3. The summed E-state index contributed by atoms with van der Waals surface area (Å²) in [5, 5.41) is 22.3. The molecule has 0 aromatic heterocycles. The van der Waals surface area contributed by atoms with Gasteiger partial charge in [0, 0.05) is 51.4 Å². The Morgan fingerprint density at radius 3 is 2.42 bits per heavy atom. The van der Waals surface area contributed by atoms with Crippen LogP contribution in [0.15, 0.2) is 39.7 Å². The largest absolute Gasteiger partial charge is 0.511 e. The third-order valence-corrected chi connectivity index (χ3v) is 9.19. The van der Waals surface area contributed by atoms with Crippen LogP contribution < -0.4 is 16.4 Å². The number of hydrogen-bond donors (Lipinski definition) is 4. The Hall–Kier alpha value is -3.43. The van der Waals surface area contributed by atoms with Crippen LogP contribution in [0.5, 0.6) is 5.75 Å². The van der Waals surface area contributed by atoms with E-state index in [0.717, 1.165) is 29.6 Å². The number of aliphatic hydroxyl groups is 1. The Kier molecular flexibility index (Phi) is 6.95. The van der Waals surface area contributed by atoms with Crippen LogP contribution >= 0.6 is 0 Å². The first kappa shape index (κ1) is 28.1. The minimum Gasteiger partial charge on any atom is -0.511 e. The molecular formula is C31H39N3O6. The fourth-order valence-corrected chi connectivity index (χ4v) is 7.17. The van der Waals surface area contributed by atoms with Gasteiger partial charge in [0.1, 0.15) is 11.5 Å². The molecular weight excluding hydrogens is 510 g/mol. The monoisotopic (exact) mass is 549 g/mol. The van der Waals surface area contributed by atoms with Gasteiger partial charge in [0.2, 0.25) is 0 Å². The number of hydrogen-bond acceptors (Lipinski definition) is 8. The number of Topliss-reactive ketones (excluding diaryl/α,β-unsaturated/α-hetero) is 2. The lowest BCUT2D eigenvalue weighted by molar-refractivity contribution is -0.114. The molecule has 4 unspecified atom stereocenters. The van der Waals surface area contributed by atoms with Gasteiger partial charge in [-0.1, -0.05) is 11.1 Å². The standard InChI is InChI=1S/C31H39N3O6/c1-14-22-17(12-21(35)26(30(32)39)24(22)15-6-7-15)10-16-11-18-20(34(3)4)13-19(27(36)25(18)28(37)23(14)16)29(38)31(2,33)8-9-40-5/h13,16-17,22,35-36H,6-12,33H2,1-5H3,(H2,32,39). The van der Waals surface area contributed by atoms with Gasteiger partial charge in [0.05, 0.1) is 22.2 Å². The smallest absolute Gasteiger partial charge is 0.252 e. The normalized spacial score (nSPS) is 25.2. The molecule has 1 aromatic rings. The fraction of sp³-hybridized carbons (Fsp3) is 0.516. The fourth-order valence-electron chi connectivity index (χ4n) is 7.17. The van der Waals surface area contributed by atoms with Crippen LogP contribution in [0.4, 0.5) is 5.69 Å². The number of phenols is 1. The number of anilines is 1. The summed E-state index contributed by atoms with van der Waals surface area (Å²) in [5.74, 6) is -2.00. The number of fused-ring (bicyclic) bond motifs is 3. The Balaban J connectivity index is 1.66. The first-order valence-corrected chi connectivity index (χ1v) is 13.9. The molecule has 4 aliphatic rings. The number of nitrogens with zero attached hydrogens (tertiary/aromatic N) is 1. The van der Waals surface area contributed by atoms with E-state index in [-0.39, 0.29) is 64.8 Å². The summed E-state index contributed by atoms with van der Waals surface area (Å²) >= 11 is 0. The van der Waals surface area contributed by atoms with Crippen LogP contribution in [-0.2, 0) is 16.0 Å². The Labute approximate surface area is 234 Å². The van der Waals surface area contributed by atoms with Crippen molar-refractivity contribution < 1.29 is 29.3 Å². The van der Waals surface area contributed by atoms with Gasteiger partial charge >= 0.3 is 0 Å². The van der Waals surface area contributed by atoms with Crippen LogP contribution in [0.2, 0.25) is 0 Å². The van der Waals surface area contributed by atoms with Crippen LogP contribution in [0.3, 0.4) is 0 Å². The van der Waals surface area contributed by atoms with Crippen molar-refractivity contribution in [2.24, 2.45) is 29.2 Å². The van der Waals surface area contributed by atoms with Gasteiger partial charge in [-0.25, -0.2) is 0 Å². The minimum atomic E-state index is -1.30. The topological polar surface area (TPSA) is 156 Å². The number of aromatic hydroxyl groups is 1. The predicted octanol–water partition coefficient (Wildman–Crippen LogP) is 3.49. The number of carbonyl (C=O) groups is 3. The second-order valence-electron chi connectivity index (χ2n) is 12.2. The maximum Gasteiger partial charge on any atom is 0.252 e. The zero-order valence-electron chi connectivity index (χ0n) is 23.9. The molecule has 1 amide bonds. The zero-order valence-corrected chi connectivity index (χ0v) is 23.9. The molecule has 4 aliphatic carbocycles. The molecule has 0 spiro atoms. The SMILES string of the molecule is COCCC(C)(N)C(=O)c1cc(N(C)C)c2c(c1O)C(=O)C1=C(C)C3C(=C4CC4)C(C(N)=O)=C(O)CC3CC1C2. The molecule has 0 saturated heterocycles. The maximum absolute atomic E-state index is 14.3. The van der Waals surface area contributed by atoms with E-state index in [0.29, 0.717) is 36.1 Å². The van der Waals surface area contributed by atoms with Gasteiger partial charge in [0.25, 0.3) is 5.91 Å². The minimum absolute atomic E-state index is 0.0182. The van der Waals surface area contributed by atoms with Crippen molar-refractivity contribution >= 4 is 23.2 Å². The van der Waals surface area contributed by atoms with Crippen LogP contribution in [0.25, 0.3) is 0 Å². The van der Waals surface area contributed by atoms with Crippen molar-refractivity contribution in [3.63, 3.8) is 0 Å². The van der Waals surface area contributed by atoms with Gasteiger partial charge in [-0.15, -0.1) is 0 Å². The van der Waals surface area contributed by atoms with Crippen molar-refractivity contribution in [2.75, 3.05) is 32.7 Å². The lowest BCUT2D eigenvalue weighted by atomic mass is 9.59. The summed E-state index contributed by atoms with van der Waals surface area (Å²) in [7, 11) is 5.21. The number of phenolic OH excluding ortho intramolecular Hbond substituents is 1. The number of primary amides is 1. The predicted molar refractivity (Wildman–Crippen MR) is 151 cm³/mol. The van der Waals surface area contributed by atoms with Crippen LogP contribution in [0, 0.1) is 17.8 Å². The first-order chi connectivity index (χ1) is 18.8. The number of nitrogens with two attached hydrogens (primary N) is 2. The molecule has 6 N–H and O–H groups in total. The highest BCUT2D eigenvalue weighted by atomic mass is 16.5. The number of rotatable bonds is 7. The zero-order chi connectivity index (χ0) is 29.3. The van der Waals surface area contributed by atoms with E-state index in [1.807, 2.05) is 25.9 Å². The van der Waals surface area contributed by atoms with E-state index < -0.39 is 17.2 Å². The Morgan fingerprint density at radius 2 is 1.85 bits per heavy atom. The molecule has 214 valence electrons. The van der Waals surface area contributed by atoms with Gasteiger partial charge in [-0.05, 0) is 75.0 Å². The summed E-state index contributed by atoms with van der Waals surface area (Å²) < 4.78 is 5.12. The molecule has 0 radical (unpaired) electrons. The number of allylic oxidation sites excluding steroid dienone is 4. The van der Waals surface area contributed by atoms with E-state index in [1.54, 1.807) is 13.0 Å². The molecule has 9 heteroatoms. The summed E-state index contributed by atoms with van der Waals surface area (Å²) in [4.78, 5) is 42.2. The molecule has 5 rings (SSSR count). The Bertz CT molecular complexity index is 1420. The molecule has 1 fully saturated rings. The van der Waals surface area contributed by atoms with Gasteiger partial charge in [-0.2, -0.15) is 0 Å². The van der Waals surface area contributed by atoms with Gasteiger partial charge in [-0.3, -0.25) is 14.4 Å². The summed E-state index contributed by atoms with van der Waals surface area (Å²) in [5.41, 5.74) is 15.9. The molecule has 1 aromatic carbocycles. The summed E-state index contributed by atoms with van der Waals surface area (Å²) in [6.45, 7) is 3.80. The summed E-state index contributed by atoms with van der Waals surface area (Å²) in [6.07, 6.45) is 3.42. The highest BCUT2D eigenvalue weighted by Gasteiger charge is 2.49. The van der Waals surface area contributed by atoms with Crippen molar-refractivity contribution in [3.05, 3.63) is 56.4 Å². The molecule has 4 atom stereocenters. The van der Waals surface area contributed by atoms with Gasteiger partial charge < -0.3 is 31.3 Å². The first-order valence-electron chi connectivity index (χ1n) is 13.9. The number of amides is 1. The third kappa shape index (κ3) is 4.36. The van der Waals surface area contributed by atoms with Gasteiger partial charge in [0.15, 0.2) is 11.6 Å². The highest BCUT2D eigenvalue weighted by Crippen LogP contribution is 2.56. The van der Waals surface area contributed by atoms with Crippen molar-refractivity contribution in [1.82, 2.24) is 0 Å². The lowest BCUT2D eigenvalue weighted by Gasteiger charge is -2.44. The number of aliphatic hydroxyl groups excluding tert-OH is 1. The third-order valence-electron chi connectivity index (χ3n) is 9.19. The molecule has 0 heterocycles. The van der Waals surface area contributed by atoms with E-state index >= 15 is 0 Å². The Morgan fingerprint density at radius 1 is 1.18 bits per heavy atom. The van der Waals surface area contributed by atoms with Crippen molar-refractivity contribution in [3.8, 4) is 5.75 Å². The number of ketones is 2. The van der Waals surface area contributed by atoms with E-state index in [4.69, 9.17) is 16.2 Å². The van der Waals surface area contributed by atoms with Crippen LogP contribution in [-0.4, -0.2) is 61.0 Å². The highest BCUT2D eigenvalue weighted by molar-refractivity contribution is 6.17. The number of benzene rings is 1. The number of carbonyl (C=O) groups excluding carboxylic acids is 3.